The van der Waals surface area contributed by atoms with Crippen LogP contribution in [0.25, 0.3) is 33.1 Å². The number of hydrogen-bond donors (Lipinski definition) is 2. The van der Waals surface area contributed by atoms with Gasteiger partial charge in [-0.25, -0.2) is 13.8 Å². The summed E-state index contributed by atoms with van der Waals surface area (Å²) < 4.78 is 49.7. The standard InChI is InChI=1S/C32H38ClF2N7O4/c1-17-10-20-19(12-36-40-20)22(24(17)33)26-25(35)27-23(29(37-26)44-4)28(42-8-9-45-15-31(2,43)14-42)39-30(38-27)46-16-32-7-5-6-21(32)41(3)13-18(34)11-32/h10,12,18,21,43H,5-9,11,13-16H2,1-4H3,(H,36,40)/t18-,21+,31-,32+/m0/s1. The number of nitrogens with zero attached hydrogens (tertiary/aromatic N) is 6. The molecule has 14 heteroatoms. The number of ether oxygens (including phenoxy) is 3. The van der Waals surface area contributed by atoms with Crippen LogP contribution < -0.4 is 14.4 Å². The zero-order valence-corrected chi connectivity index (χ0v) is 27.1. The summed E-state index contributed by atoms with van der Waals surface area (Å²) in [4.78, 5) is 17.9. The number of anilines is 1. The SMILES string of the molecule is COc1nc(-c2c(Cl)c(C)cc3[nH]ncc23)c(F)c2nc(OC[C@]34CCC[C@H]3N(C)C[C@@H](F)C4)nc(N3CCOC[C@@](C)(O)C3)c12. The Morgan fingerprint density at radius 1 is 1.28 bits per heavy atom. The van der Waals surface area contributed by atoms with Crippen molar-refractivity contribution in [1.29, 1.82) is 0 Å². The Bertz CT molecular complexity index is 1810. The second-order valence-corrected chi connectivity index (χ2v) is 13.7. The van der Waals surface area contributed by atoms with Crippen LogP contribution in [0.3, 0.4) is 0 Å². The number of aromatic nitrogens is 5. The zero-order valence-electron chi connectivity index (χ0n) is 26.4. The van der Waals surface area contributed by atoms with E-state index in [1.54, 1.807) is 13.1 Å². The molecule has 11 nitrogen and oxygen atoms in total. The van der Waals surface area contributed by atoms with Crippen LogP contribution in [0.15, 0.2) is 12.3 Å². The van der Waals surface area contributed by atoms with Crippen molar-refractivity contribution in [3.8, 4) is 23.1 Å². The first kappa shape index (κ1) is 31.2. The monoisotopic (exact) mass is 657 g/mol. The Morgan fingerprint density at radius 3 is 2.91 bits per heavy atom. The van der Waals surface area contributed by atoms with Crippen molar-refractivity contribution in [2.45, 2.75) is 57.3 Å². The molecule has 5 heterocycles. The number of rotatable bonds is 6. The first-order chi connectivity index (χ1) is 22.0. The number of alkyl halides is 1. The maximum absolute atomic E-state index is 17.0. The topological polar surface area (TPSA) is 122 Å². The minimum absolute atomic E-state index is 0.0575. The first-order valence-corrected chi connectivity index (χ1v) is 16.0. The molecule has 0 unspecified atom stereocenters. The highest BCUT2D eigenvalue weighted by Crippen LogP contribution is 2.48. The average molecular weight is 658 g/mol. The van der Waals surface area contributed by atoms with Crippen molar-refractivity contribution < 1.29 is 28.1 Å². The summed E-state index contributed by atoms with van der Waals surface area (Å²) in [6.45, 7) is 5.00. The molecule has 1 saturated carbocycles. The van der Waals surface area contributed by atoms with Gasteiger partial charge in [-0.1, -0.05) is 18.0 Å². The highest BCUT2D eigenvalue weighted by atomic mass is 35.5. The van der Waals surface area contributed by atoms with Crippen molar-refractivity contribution in [3.63, 3.8) is 0 Å². The van der Waals surface area contributed by atoms with Crippen molar-refractivity contribution in [3.05, 3.63) is 28.7 Å². The predicted octanol–water partition coefficient (Wildman–Crippen LogP) is 4.86. The van der Waals surface area contributed by atoms with Gasteiger partial charge in [-0.3, -0.25) is 10.00 Å². The summed E-state index contributed by atoms with van der Waals surface area (Å²) in [5, 5.41) is 19.2. The molecule has 0 radical (unpaired) electrons. The molecule has 2 aliphatic heterocycles. The fourth-order valence-corrected chi connectivity index (χ4v) is 8.00. The quantitative estimate of drug-likeness (QED) is 0.297. The molecule has 0 amide bonds. The third kappa shape index (κ3) is 5.30. The second-order valence-electron chi connectivity index (χ2n) is 13.3. The number of likely N-dealkylation sites (tertiary alicyclic amines) is 1. The van der Waals surface area contributed by atoms with Crippen LogP contribution >= 0.6 is 11.6 Å². The number of piperidine rings is 1. The molecule has 4 aromatic rings. The lowest BCUT2D eigenvalue weighted by atomic mass is 9.75. The van der Waals surface area contributed by atoms with E-state index in [-0.39, 0.29) is 60.1 Å². The molecule has 1 aromatic carbocycles. The van der Waals surface area contributed by atoms with E-state index >= 15 is 4.39 Å². The summed E-state index contributed by atoms with van der Waals surface area (Å²) in [5.74, 6) is -0.375. The second kappa shape index (κ2) is 11.7. The molecule has 246 valence electrons. The van der Waals surface area contributed by atoms with Gasteiger partial charge in [0, 0.05) is 35.5 Å². The van der Waals surface area contributed by atoms with E-state index in [1.807, 2.05) is 24.9 Å². The summed E-state index contributed by atoms with van der Waals surface area (Å²) >= 11 is 6.80. The fourth-order valence-electron chi connectivity index (χ4n) is 7.75. The van der Waals surface area contributed by atoms with E-state index in [4.69, 9.17) is 30.8 Å². The van der Waals surface area contributed by atoms with E-state index in [0.717, 1.165) is 19.3 Å². The number of methoxy groups -OCH3 is 1. The maximum atomic E-state index is 17.0. The third-order valence-corrected chi connectivity index (χ3v) is 10.2. The van der Waals surface area contributed by atoms with Gasteiger partial charge in [-0.15, -0.1) is 0 Å². The molecule has 2 saturated heterocycles. The van der Waals surface area contributed by atoms with Gasteiger partial charge < -0.3 is 24.2 Å². The minimum Gasteiger partial charge on any atom is -0.480 e. The van der Waals surface area contributed by atoms with Crippen LogP contribution in [-0.4, -0.2) is 107 Å². The summed E-state index contributed by atoms with van der Waals surface area (Å²) in [6.07, 6.45) is 3.74. The largest absolute Gasteiger partial charge is 0.480 e. The van der Waals surface area contributed by atoms with Gasteiger partial charge in [0.15, 0.2) is 5.82 Å². The van der Waals surface area contributed by atoms with Gasteiger partial charge in [0.05, 0.1) is 50.2 Å². The number of aryl methyl sites for hydroxylation is 1. The number of β-amino-alcohol motifs (C(OH)–C–C–N with tert-alkyl or cyclic N) is 1. The van der Waals surface area contributed by atoms with Crippen molar-refractivity contribution in [1.82, 2.24) is 30.0 Å². The number of nitrogens with one attached hydrogen (secondary N) is 1. The lowest BCUT2D eigenvalue weighted by molar-refractivity contribution is -0.0244. The van der Waals surface area contributed by atoms with E-state index in [0.29, 0.717) is 53.2 Å². The highest BCUT2D eigenvalue weighted by molar-refractivity contribution is 6.35. The van der Waals surface area contributed by atoms with Gasteiger partial charge in [0.1, 0.15) is 34.2 Å². The summed E-state index contributed by atoms with van der Waals surface area (Å²) in [5.41, 5.74) is -0.0298. The average Bonchev–Trinajstić information content (AvgIpc) is 3.61. The molecule has 7 rings (SSSR count). The number of fused-ring (bicyclic) bond motifs is 3. The number of hydrogen-bond acceptors (Lipinski definition) is 10. The molecule has 3 aromatic heterocycles. The van der Waals surface area contributed by atoms with Gasteiger partial charge in [-0.05, 0) is 51.8 Å². The molecule has 0 bridgehead atoms. The number of halogens is 3. The molecule has 2 N–H and O–H groups in total. The third-order valence-electron chi connectivity index (χ3n) is 9.75. The van der Waals surface area contributed by atoms with E-state index in [2.05, 4.69) is 25.1 Å². The summed E-state index contributed by atoms with van der Waals surface area (Å²) in [7, 11) is 3.40. The fraction of sp³-hybridized carbons (Fsp3) is 0.562. The van der Waals surface area contributed by atoms with Gasteiger partial charge in [0.2, 0.25) is 5.88 Å². The lowest BCUT2D eigenvalue weighted by Gasteiger charge is -2.45. The van der Waals surface area contributed by atoms with Crippen molar-refractivity contribution in [2.75, 3.05) is 58.5 Å². The maximum Gasteiger partial charge on any atom is 0.319 e. The summed E-state index contributed by atoms with van der Waals surface area (Å²) in [6, 6.07) is 1.95. The smallest absolute Gasteiger partial charge is 0.319 e. The minimum atomic E-state index is -1.21. The van der Waals surface area contributed by atoms with E-state index < -0.39 is 23.0 Å². The Morgan fingerprint density at radius 2 is 2.11 bits per heavy atom. The Labute approximate surface area is 270 Å². The number of H-pyrrole nitrogens is 1. The van der Waals surface area contributed by atoms with Crippen LogP contribution in [0.2, 0.25) is 5.02 Å². The molecule has 46 heavy (non-hydrogen) atoms. The van der Waals surface area contributed by atoms with Crippen LogP contribution in [0.5, 0.6) is 11.9 Å². The van der Waals surface area contributed by atoms with Gasteiger partial charge in [0.25, 0.3) is 0 Å². The molecule has 1 aliphatic carbocycles. The molecule has 4 atom stereocenters. The Hall–Kier alpha value is -3.39. The van der Waals surface area contributed by atoms with E-state index in [9.17, 15) is 9.50 Å². The Balaban J connectivity index is 1.41. The lowest BCUT2D eigenvalue weighted by Crippen LogP contribution is -2.54. The Kier molecular flexibility index (Phi) is 7.94. The van der Waals surface area contributed by atoms with Crippen molar-refractivity contribution >= 4 is 39.2 Å². The van der Waals surface area contributed by atoms with E-state index in [1.165, 1.54) is 7.11 Å². The molecule has 0 spiro atoms. The predicted molar refractivity (Wildman–Crippen MR) is 170 cm³/mol. The number of pyridine rings is 1. The highest BCUT2D eigenvalue weighted by Gasteiger charge is 2.50. The number of aromatic amines is 1. The number of aliphatic hydroxyl groups is 1. The molecular formula is C32H38ClF2N7O4. The zero-order chi connectivity index (χ0) is 32.4. The number of benzene rings is 1. The van der Waals surface area contributed by atoms with Crippen LogP contribution in [0.1, 0.15) is 38.2 Å². The van der Waals surface area contributed by atoms with Crippen LogP contribution in [0.4, 0.5) is 14.6 Å². The molecule has 3 fully saturated rings. The van der Waals surface area contributed by atoms with Crippen LogP contribution in [0, 0.1) is 18.2 Å². The molecule has 3 aliphatic rings. The first-order valence-electron chi connectivity index (χ1n) is 15.6. The normalized spacial score (nSPS) is 27.3. The van der Waals surface area contributed by atoms with Crippen LogP contribution in [-0.2, 0) is 4.74 Å². The van der Waals surface area contributed by atoms with Gasteiger partial charge in [-0.2, -0.15) is 15.1 Å². The van der Waals surface area contributed by atoms with Crippen molar-refractivity contribution in [2.24, 2.45) is 5.41 Å². The molecular weight excluding hydrogens is 620 g/mol. The van der Waals surface area contributed by atoms with Gasteiger partial charge >= 0.3 is 6.01 Å².